The number of imide groups is 2. The molecule has 4 amide bonds. The summed E-state index contributed by atoms with van der Waals surface area (Å²) in [7, 11) is 0. The van der Waals surface area contributed by atoms with Crippen molar-refractivity contribution in [3.05, 3.63) is 83.6 Å². The van der Waals surface area contributed by atoms with Crippen LogP contribution in [0.2, 0.25) is 0 Å². The minimum atomic E-state index is -0.749. The Morgan fingerprint density at radius 1 is 1.03 bits per heavy atom. The number of rotatable bonds is 4. The molecule has 1 aliphatic rings. The van der Waals surface area contributed by atoms with Crippen LogP contribution in [-0.2, 0) is 16.1 Å². The standard InChI is InChI=1S/C24H21N3O3/c1-4-9-26-14-17(19-7-5-6-8-21(19)26)13-20-22(28)25-24(30)27(23(20)29)18-11-15(2)10-16(3)12-18/h4-8,10-14H,1,9H2,2-3H3,(H,25,28,30). The molecule has 1 fully saturated rings. The third kappa shape index (κ3) is 3.33. The Labute approximate surface area is 174 Å². The van der Waals surface area contributed by atoms with Crippen LogP contribution in [0.1, 0.15) is 16.7 Å². The fourth-order valence-electron chi connectivity index (χ4n) is 3.81. The lowest BCUT2D eigenvalue weighted by molar-refractivity contribution is -0.122. The van der Waals surface area contributed by atoms with Gasteiger partial charge in [0.1, 0.15) is 5.57 Å². The second-order valence-corrected chi connectivity index (χ2v) is 7.35. The van der Waals surface area contributed by atoms with Crippen molar-refractivity contribution >= 4 is 40.5 Å². The summed E-state index contributed by atoms with van der Waals surface area (Å²) >= 11 is 0. The summed E-state index contributed by atoms with van der Waals surface area (Å²) < 4.78 is 1.99. The number of hydrogen-bond acceptors (Lipinski definition) is 3. The zero-order valence-corrected chi connectivity index (χ0v) is 16.8. The van der Waals surface area contributed by atoms with Gasteiger partial charge in [-0.1, -0.05) is 30.3 Å². The number of fused-ring (bicyclic) bond motifs is 1. The number of carbonyl (C=O) groups is 3. The third-order valence-electron chi connectivity index (χ3n) is 5.01. The number of anilines is 1. The van der Waals surface area contributed by atoms with Gasteiger partial charge < -0.3 is 4.57 Å². The molecule has 6 heteroatoms. The van der Waals surface area contributed by atoms with Crippen LogP contribution in [0, 0.1) is 13.8 Å². The molecule has 0 bridgehead atoms. The van der Waals surface area contributed by atoms with Crippen molar-refractivity contribution in [3.8, 4) is 0 Å². The lowest BCUT2D eigenvalue weighted by atomic mass is 10.0. The van der Waals surface area contributed by atoms with Gasteiger partial charge in [0.25, 0.3) is 11.8 Å². The number of barbiturate groups is 1. The number of benzene rings is 2. The third-order valence-corrected chi connectivity index (χ3v) is 5.01. The number of nitrogens with one attached hydrogen (secondary N) is 1. The SMILES string of the molecule is C=CCn1cc(C=C2C(=O)NC(=O)N(c3cc(C)cc(C)c3)C2=O)c2ccccc21. The first-order valence-corrected chi connectivity index (χ1v) is 9.57. The lowest BCUT2D eigenvalue weighted by Crippen LogP contribution is -2.54. The Bertz CT molecular complexity index is 1230. The van der Waals surface area contributed by atoms with Gasteiger partial charge >= 0.3 is 6.03 Å². The van der Waals surface area contributed by atoms with E-state index >= 15 is 0 Å². The molecule has 0 saturated carbocycles. The van der Waals surface area contributed by atoms with Crippen molar-refractivity contribution in [1.82, 2.24) is 9.88 Å². The quantitative estimate of drug-likeness (QED) is 0.408. The first-order chi connectivity index (χ1) is 14.4. The molecule has 0 atom stereocenters. The van der Waals surface area contributed by atoms with Crippen LogP contribution >= 0.6 is 0 Å². The van der Waals surface area contributed by atoms with Gasteiger partial charge in [0.15, 0.2) is 0 Å². The van der Waals surface area contributed by atoms with E-state index in [1.54, 1.807) is 24.3 Å². The van der Waals surface area contributed by atoms with Crippen molar-refractivity contribution < 1.29 is 14.4 Å². The van der Waals surface area contributed by atoms with E-state index in [1.807, 2.05) is 54.9 Å². The van der Waals surface area contributed by atoms with Crippen molar-refractivity contribution in [2.75, 3.05) is 4.90 Å². The minimum Gasteiger partial charge on any atom is -0.343 e. The average Bonchev–Trinajstić information content (AvgIpc) is 3.02. The molecule has 4 rings (SSSR count). The molecule has 150 valence electrons. The van der Waals surface area contributed by atoms with Crippen molar-refractivity contribution in [1.29, 1.82) is 0 Å². The molecule has 1 N–H and O–H groups in total. The molecule has 3 aromatic rings. The maximum atomic E-state index is 13.2. The van der Waals surface area contributed by atoms with Crippen LogP contribution in [0.15, 0.2) is 66.9 Å². The summed E-state index contributed by atoms with van der Waals surface area (Å²) in [5, 5.41) is 3.19. The van der Waals surface area contributed by atoms with E-state index < -0.39 is 17.8 Å². The number of aryl methyl sites for hydroxylation is 2. The van der Waals surface area contributed by atoms with Gasteiger partial charge in [0.2, 0.25) is 0 Å². The summed E-state index contributed by atoms with van der Waals surface area (Å²) in [5.41, 5.74) is 3.87. The maximum absolute atomic E-state index is 13.2. The number of hydrogen-bond donors (Lipinski definition) is 1. The van der Waals surface area contributed by atoms with Crippen molar-refractivity contribution in [2.24, 2.45) is 0 Å². The fourth-order valence-corrected chi connectivity index (χ4v) is 3.81. The molecule has 2 heterocycles. The van der Waals surface area contributed by atoms with Gasteiger partial charge in [0.05, 0.1) is 5.69 Å². The number of nitrogens with zero attached hydrogens (tertiary/aromatic N) is 2. The maximum Gasteiger partial charge on any atom is 0.335 e. The van der Waals surface area contributed by atoms with E-state index in [9.17, 15) is 14.4 Å². The van der Waals surface area contributed by atoms with Crippen molar-refractivity contribution in [3.63, 3.8) is 0 Å². The Balaban J connectivity index is 1.82. The molecule has 0 aliphatic carbocycles. The highest BCUT2D eigenvalue weighted by Crippen LogP contribution is 2.27. The van der Waals surface area contributed by atoms with Crippen LogP contribution in [0.25, 0.3) is 17.0 Å². The average molecular weight is 399 g/mol. The molecule has 0 radical (unpaired) electrons. The highest BCUT2D eigenvalue weighted by molar-refractivity contribution is 6.39. The van der Waals surface area contributed by atoms with E-state index in [1.165, 1.54) is 0 Å². The first kappa shape index (κ1) is 19.4. The molecular weight excluding hydrogens is 378 g/mol. The predicted molar refractivity (Wildman–Crippen MR) is 117 cm³/mol. The summed E-state index contributed by atoms with van der Waals surface area (Å²) in [5.74, 6) is -1.35. The first-order valence-electron chi connectivity index (χ1n) is 9.57. The predicted octanol–water partition coefficient (Wildman–Crippen LogP) is 4.11. The van der Waals surface area contributed by atoms with Crippen LogP contribution in [0.3, 0.4) is 0 Å². The molecule has 2 aromatic carbocycles. The Morgan fingerprint density at radius 3 is 2.43 bits per heavy atom. The topological polar surface area (TPSA) is 71.4 Å². The molecule has 0 unspecified atom stereocenters. The largest absolute Gasteiger partial charge is 0.343 e. The molecule has 30 heavy (non-hydrogen) atoms. The summed E-state index contributed by atoms with van der Waals surface area (Å²) in [6.45, 7) is 8.15. The number of urea groups is 1. The summed E-state index contributed by atoms with van der Waals surface area (Å²) in [6, 6.07) is 12.4. The molecular formula is C24H21N3O3. The second-order valence-electron chi connectivity index (χ2n) is 7.35. The highest BCUT2D eigenvalue weighted by Gasteiger charge is 2.37. The van der Waals surface area contributed by atoms with Gasteiger partial charge in [-0.25, -0.2) is 9.69 Å². The van der Waals surface area contributed by atoms with E-state index in [-0.39, 0.29) is 5.57 Å². The van der Waals surface area contributed by atoms with Crippen LogP contribution < -0.4 is 10.2 Å². The normalized spacial score (nSPS) is 15.7. The van der Waals surface area contributed by atoms with Crippen LogP contribution in [-0.4, -0.2) is 22.4 Å². The zero-order valence-electron chi connectivity index (χ0n) is 16.8. The Morgan fingerprint density at radius 2 is 1.73 bits per heavy atom. The molecule has 0 spiro atoms. The fraction of sp³-hybridized carbons (Fsp3) is 0.125. The molecule has 1 saturated heterocycles. The van der Waals surface area contributed by atoms with Crippen LogP contribution in [0.4, 0.5) is 10.5 Å². The van der Waals surface area contributed by atoms with Gasteiger partial charge in [-0.3, -0.25) is 14.9 Å². The monoisotopic (exact) mass is 399 g/mol. The van der Waals surface area contributed by atoms with Gasteiger partial charge in [-0.2, -0.15) is 0 Å². The van der Waals surface area contributed by atoms with E-state index in [4.69, 9.17) is 0 Å². The van der Waals surface area contributed by atoms with Gasteiger partial charge in [0, 0.05) is 29.2 Å². The molecule has 1 aliphatic heterocycles. The number of allylic oxidation sites excluding steroid dienone is 1. The second kappa shape index (κ2) is 7.48. The zero-order chi connectivity index (χ0) is 21.4. The number of aromatic nitrogens is 1. The summed E-state index contributed by atoms with van der Waals surface area (Å²) in [6.07, 6.45) is 5.20. The lowest BCUT2D eigenvalue weighted by Gasteiger charge is -2.26. The van der Waals surface area contributed by atoms with E-state index in [0.717, 1.165) is 32.5 Å². The summed E-state index contributed by atoms with van der Waals surface area (Å²) in [4.78, 5) is 39.2. The highest BCUT2D eigenvalue weighted by atomic mass is 16.2. The number of carbonyl (C=O) groups excluding carboxylic acids is 3. The van der Waals surface area contributed by atoms with E-state index in [2.05, 4.69) is 11.9 Å². The van der Waals surface area contributed by atoms with Crippen molar-refractivity contribution in [2.45, 2.75) is 20.4 Å². The van der Waals surface area contributed by atoms with E-state index in [0.29, 0.717) is 12.2 Å². The number of amides is 4. The molecule has 6 nitrogen and oxygen atoms in total. The van der Waals surface area contributed by atoms with Gasteiger partial charge in [-0.15, -0.1) is 6.58 Å². The van der Waals surface area contributed by atoms with Gasteiger partial charge in [-0.05, 0) is 49.2 Å². The minimum absolute atomic E-state index is 0.0877. The Kier molecular flexibility index (Phi) is 4.83. The molecule has 1 aromatic heterocycles. The smallest absolute Gasteiger partial charge is 0.335 e. The number of para-hydroxylation sites is 1. The Hall–Kier alpha value is -3.93. The van der Waals surface area contributed by atoms with Crippen LogP contribution in [0.5, 0.6) is 0 Å².